The summed E-state index contributed by atoms with van der Waals surface area (Å²) in [5, 5.41) is 3.87. The van der Waals surface area contributed by atoms with Gasteiger partial charge in [-0.05, 0) is 29.7 Å². The van der Waals surface area contributed by atoms with Crippen molar-refractivity contribution in [1.29, 1.82) is 0 Å². The predicted octanol–water partition coefficient (Wildman–Crippen LogP) is 2.53. The van der Waals surface area contributed by atoms with E-state index in [-0.39, 0.29) is 11.3 Å². The molecule has 0 aliphatic heterocycles. The first kappa shape index (κ1) is 12.5. The van der Waals surface area contributed by atoms with Gasteiger partial charge in [0.25, 0.3) is 5.91 Å². The Labute approximate surface area is 107 Å². The number of benzene rings is 1. The number of carbonyl (C=O) groups is 1. The van der Waals surface area contributed by atoms with Crippen molar-refractivity contribution in [2.24, 2.45) is 5.41 Å². The zero-order chi connectivity index (χ0) is 13.3. The normalized spacial score (nSPS) is 11.7. The number of aromatic amines is 1. The van der Waals surface area contributed by atoms with Crippen molar-refractivity contribution in [2.75, 3.05) is 12.3 Å². The summed E-state index contributed by atoms with van der Waals surface area (Å²) in [5.41, 5.74) is 7.97. The Morgan fingerprint density at radius 1 is 1.33 bits per heavy atom. The van der Waals surface area contributed by atoms with Crippen molar-refractivity contribution in [1.82, 2.24) is 10.3 Å². The molecular weight excluding hydrogens is 226 g/mol. The molecule has 1 aromatic heterocycles. The van der Waals surface area contributed by atoms with Crippen LogP contribution in [0, 0.1) is 5.41 Å². The Morgan fingerprint density at radius 3 is 2.72 bits per heavy atom. The van der Waals surface area contributed by atoms with Gasteiger partial charge in [-0.25, -0.2) is 0 Å². The first-order valence-corrected chi connectivity index (χ1v) is 6.02. The van der Waals surface area contributed by atoms with Gasteiger partial charge in [-0.3, -0.25) is 4.79 Å². The summed E-state index contributed by atoms with van der Waals surface area (Å²) in [4.78, 5) is 15.1. The first-order chi connectivity index (χ1) is 8.35. The van der Waals surface area contributed by atoms with Crippen LogP contribution in [0.25, 0.3) is 10.9 Å². The highest BCUT2D eigenvalue weighted by Crippen LogP contribution is 2.18. The van der Waals surface area contributed by atoms with Gasteiger partial charge in [0.1, 0.15) is 5.69 Å². The van der Waals surface area contributed by atoms with Crippen LogP contribution >= 0.6 is 0 Å². The molecule has 0 spiro atoms. The molecule has 1 amide bonds. The molecule has 96 valence electrons. The molecule has 18 heavy (non-hydrogen) atoms. The molecule has 2 aromatic rings. The third-order valence-electron chi connectivity index (χ3n) is 2.67. The van der Waals surface area contributed by atoms with E-state index < -0.39 is 0 Å². The van der Waals surface area contributed by atoms with E-state index in [1.165, 1.54) is 0 Å². The second-order valence-corrected chi connectivity index (χ2v) is 5.77. The Kier molecular flexibility index (Phi) is 3.03. The Balaban J connectivity index is 2.18. The molecule has 0 bridgehead atoms. The molecule has 0 fully saturated rings. The number of aromatic nitrogens is 1. The predicted molar refractivity (Wildman–Crippen MR) is 74.5 cm³/mol. The number of nitrogens with one attached hydrogen (secondary N) is 2. The largest absolute Gasteiger partial charge is 0.399 e. The van der Waals surface area contributed by atoms with E-state index in [2.05, 4.69) is 31.1 Å². The van der Waals surface area contributed by atoms with E-state index in [9.17, 15) is 4.79 Å². The standard InChI is InChI=1S/C14H19N3O/c1-14(2,3)8-16-13(18)12-7-9-6-10(15)4-5-11(9)17-12/h4-7,17H,8,15H2,1-3H3,(H,16,18). The third-order valence-corrected chi connectivity index (χ3v) is 2.67. The van der Waals surface area contributed by atoms with Gasteiger partial charge in [-0.15, -0.1) is 0 Å². The van der Waals surface area contributed by atoms with Gasteiger partial charge < -0.3 is 16.0 Å². The minimum atomic E-state index is -0.0836. The lowest BCUT2D eigenvalue weighted by atomic mass is 9.97. The van der Waals surface area contributed by atoms with Crippen molar-refractivity contribution >= 4 is 22.5 Å². The van der Waals surface area contributed by atoms with Gasteiger partial charge in [0.15, 0.2) is 0 Å². The number of hydrogen-bond acceptors (Lipinski definition) is 2. The molecule has 4 nitrogen and oxygen atoms in total. The number of amides is 1. The van der Waals surface area contributed by atoms with E-state index in [1.54, 1.807) is 0 Å². The lowest BCUT2D eigenvalue weighted by molar-refractivity contribution is 0.0935. The number of nitrogen functional groups attached to an aromatic ring is 1. The van der Waals surface area contributed by atoms with E-state index in [4.69, 9.17) is 5.73 Å². The second-order valence-electron chi connectivity index (χ2n) is 5.77. The van der Waals surface area contributed by atoms with Crippen molar-refractivity contribution in [3.05, 3.63) is 30.0 Å². The molecule has 0 aliphatic carbocycles. The zero-order valence-corrected chi connectivity index (χ0v) is 11.0. The van der Waals surface area contributed by atoms with Crippen molar-refractivity contribution in [2.45, 2.75) is 20.8 Å². The van der Waals surface area contributed by atoms with Crippen LogP contribution < -0.4 is 11.1 Å². The number of anilines is 1. The van der Waals surface area contributed by atoms with E-state index in [1.807, 2.05) is 24.3 Å². The minimum Gasteiger partial charge on any atom is -0.399 e. The molecule has 2 rings (SSSR count). The average molecular weight is 245 g/mol. The molecule has 0 unspecified atom stereocenters. The van der Waals surface area contributed by atoms with Crippen LogP contribution in [0.5, 0.6) is 0 Å². The highest BCUT2D eigenvalue weighted by atomic mass is 16.1. The fraction of sp³-hybridized carbons (Fsp3) is 0.357. The van der Waals surface area contributed by atoms with Crippen molar-refractivity contribution in [3.8, 4) is 0 Å². The monoisotopic (exact) mass is 245 g/mol. The zero-order valence-electron chi connectivity index (χ0n) is 11.0. The highest BCUT2D eigenvalue weighted by molar-refractivity contribution is 5.98. The number of carbonyl (C=O) groups excluding carboxylic acids is 1. The fourth-order valence-corrected chi connectivity index (χ4v) is 1.71. The summed E-state index contributed by atoms with van der Waals surface area (Å²) in [6, 6.07) is 7.37. The second kappa shape index (κ2) is 4.37. The molecule has 0 aliphatic rings. The van der Waals surface area contributed by atoms with Crippen LogP contribution in [0.1, 0.15) is 31.3 Å². The molecule has 0 atom stereocenters. The van der Waals surface area contributed by atoms with Crippen molar-refractivity contribution in [3.63, 3.8) is 0 Å². The van der Waals surface area contributed by atoms with Crippen molar-refractivity contribution < 1.29 is 4.79 Å². The number of rotatable bonds is 2. The lowest BCUT2D eigenvalue weighted by Crippen LogP contribution is -2.32. The summed E-state index contributed by atoms with van der Waals surface area (Å²) in [6.45, 7) is 6.89. The molecule has 0 saturated carbocycles. The maximum atomic E-state index is 12.0. The lowest BCUT2D eigenvalue weighted by Gasteiger charge is -2.18. The average Bonchev–Trinajstić information content (AvgIpc) is 2.67. The number of hydrogen-bond donors (Lipinski definition) is 3. The Bertz CT molecular complexity index is 578. The molecule has 0 radical (unpaired) electrons. The maximum absolute atomic E-state index is 12.0. The SMILES string of the molecule is CC(C)(C)CNC(=O)c1cc2cc(N)ccc2[nH]1. The summed E-state index contributed by atoms with van der Waals surface area (Å²) < 4.78 is 0. The van der Waals surface area contributed by atoms with E-state index in [0.29, 0.717) is 17.9 Å². The quantitative estimate of drug-likeness (QED) is 0.711. The smallest absolute Gasteiger partial charge is 0.267 e. The van der Waals surface area contributed by atoms with Gasteiger partial charge in [0, 0.05) is 23.1 Å². The van der Waals surface area contributed by atoms with Gasteiger partial charge in [-0.2, -0.15) is 0 Å². The third kappa shape index (κ3) is 2.83. The minimum absolute atomic E-state index is 0.0755. The fourth-order valence-electron chi connectivity index (χ4n) is 1.71. The number of nitrogens with two attached hydrogens (primary N) is 1. The molecule has 1 aromatic carbocycles. The maximum Gasteiger partial charge on any atom is 0.267 e. The van der Waals surface area contributed by atoms with Gasteiger partial charge in [0.05, 0.1) is 0 Å². The summed E-state index contributed by atoms with van der Waals surface area (Å²) in [6.07, 6.45) is 0. The molecule has 4 heteroatoms. The molecule has 4 N–H and O–H groups in total. The Hall–Kier alpha value is -1.97. The summed E-state index contributed by atoms with van der Waals surface area (Å²) in [5.74, 6) is -0.0836. The van der Waals surface area contributed by atoms with Crippen LogP contribution in [0.3, 0.4) is 0 Å². The van der Waals surface area contributed by atoms with Crippen LogP contribution in [0.4, 0.5) is 5.69 Å². The number of H-pyrrole nitrogens is 1. The van der Waals surface area contributed by atoms with Crippen LogP contribution in [0.15, 0.2) is 24.3 Å². The van der Waals surface area contributed by atoms with E-state index in [0.717, 1.165) is 10.9 Å². The van der Waals surface area contributed by atoms with Crippen LogP contribution in [-0.2, 0) is 0 Å². The summed E-state index contributed by atoms with van der Waals surface area (Å²) in [7, 11) is 0. The Morgan fingerprint density at radius 2 is 2.06 bits per heavy atom. The van der Waals surface area contributed by atoms with Gasteiger partial charge in [-0.1, -0.05) is 20.8 Å². The first-order valence-electron chi connectivity index (χ1n) is 6.02. The highest BCUT2D eigenvalue weighted by Gasteiger charge is 2.14. The van der Waals surface area contributed by atoms with E-state index >= 15 is 0 Å². The van der Waals surface area contributed by atoms with Gasteiger partial charge in [0.2, 0.25) is 0 Å². The summed E-state index contributed by atoms with van der Waals surface area (Å²) >= 11 is 0. The molecule has 0 saturated heterocycles. The molecular formula is C14H19N3O. The topological polar surface area (TPSA) is 70.9 Å². The molecule has 1 heterocycles. The number of fused-ring (bicyclic) bond motifs is 1. The van der Waals surface area contributed by atoms with Crippen LogP contribution in [-0.4, -0.2) is 17.4 Å². The van der Waals surface area contributed by atoms with Gasteiger partial charge >= 0.3 is 0 Å². The van der Waals surface area contributed by atoms with Crippen LogP contribution in [0.2, 0.25) is 0 Å².